The first kappa shape index (κ1) is 12.9. The molecule has 6 nitrogen and oxygen atoms in total. The molecule has 0 atom stereocenters. The second-order valence-corrected chi connectivity index (χ2v) is 9.39. The van der Waals surface area contributed by atoms with E-state index in [-0.39, 0.29) is 23.9 Å². The van der Waals surface area contributed by atoms with Gasteiger partial charge in [-0.15, -0.1) is 0 Å². The predicted molar refractivity (Wildman–Crippen MR) is 46.8 cm³/mol. The van der Waals surface area contributed by atoms with Crippen molar-refractivity contribution < 1.29 is 23.6 Å². The monoisotopic (exact) mass is 310 g/mol. The number of carbonyl (C=O) groups excluding carboxylic acids is 3. The summed E-state index contributed by atoms with van der Waals surface area (Å²) in [6.45, 7) is 5.50. The van der Waals surface area contributed by atoms with Crippen LogP contribution < -0.4 is 0 Å². The van der Waals surface area contributed by atoms with E-state index in [1.54, 1.807) is 6.92 Å². The zero-order valence-corrected chi connectivity index (χ0v) is 10.4. The van der Waals surface area contributed by atoms with Gasteiger partial charge in [-0.2, -0.15) is 0 Å². The van der Waals surface area contributed by atoms with E-state index in [0.29, 0.717) is 5.57 Å². The van der Waals surface area contributed by atoms with Crippen LogP contribution in [0.2, 0.25) is 4.44 Å². The van der Waals surface area contributed by atoms with Gasteiger partial charge in [0.05, 0.1) is 0 Å². The maximum atomic E-state index is 10.2. The first-order valence-corrected chi connectivity index (χ1v) is 9.10. The van der Waals surface area contributed by atoms with Crippen molar-refractivity contribution >= 4 is 39.0 Å². The van der Waals surface area contributed by atoms with Gasteiger partial charge in [-0.3, -0.25) is 0 Å². The fraction of sp³-hybridized carbons (Fsp3) is 0.286. The van der Waals surface area contributed by atoms with Gasteiger partial charge in [0.1, 0.15) is 0 Å². The second kappa shape index (κ2) is 6.41. The minimum absolute atomic E-state index is 0.0882. The quantitative estimate of drug-likeness (QED) is 0.357. The van der Waals surface area contributed by atoms with Gasteiger partial charge in [0.15, 0.2) is 0 Å². The summed E-state index contributed by atoms with van der Waals surface area (Å²) < 4.78 is 13.8. The molecule has 0 aliphatic carbocycles. The molecule has 0 aliphatic heterocycles. The van der Waals surface area contributed by atoms with Gasteiger partial charge < -0.3 is 0 Å². The summed E-state index contributed by atoms with van der Waals surface area (Å²) in [7, 11) is 0. The van der Waals surface area contributed by atoms with Crippen LogP contribution in [0.15, 0.2) is 12.2 Å². The Kier molecular flexibility index (Phi) is 5.93. The molecule has 7 heteroatoms. The minimum atomic E-state index is -4.35. The SMILES string of the molecule is C=C(C)[CH2][Sn]([O]C=O)([O]C=O)[O]C=O. The Bertz CT molecular complexity index is 212. The van der Waals surface area contributed by atoms with Crippen molar-refractivity contribution in [1.82, 2.24) is 0 Å². The van der Waals surface area contributed by atoms with E-state index in [1.807, 2.05) is 0 Å². The predicted octanol–water partition coefficient (Wildman–Crippen LogP) is 0.0204. The fourth-order valence-electron chi connectivity index (χ4n) is 0.798. The van der Waals surface area contributed by atoms with Gasteiger partial charge in [0, 0.05) is 0 Å². The van der Waals surface area contributed by atoms with Gasteiger partial charge in [0.2, 0.25) is 0 Å². The molecule has 0 rings (SSSR count). The van der Waals surface area contributed by atoms with Crippen molar-refractivity contribution in [2.24, 2.45) is 0 Å². The molecule has 0 radical (unpaired) electrons. The molecule has 0 bridgehead atoms. The van der Waals surface area contributed by atoms with Crippen LogP contribution in [-0.2, 0) is 23.6 Å². The number of rotatable bonds is 8. The average molecular weight is 309 g/mol. The maximum absolute atomic E-state index is 10.2. The molecule has 0 saturated heterocycles. The molecular formula is C7H10O6Sn. The zero-order chi connectivity index (χ0) is 11.0. The molecule has 0 fully saturated rings. The molecule has 0 amide bonds. The van der Waals surface area contributed by atoms with Crippen LogP contribution >= 0.6 is 0 Å². The van der Waals surface area contributed by atoms with Crippen molar-refractivity contribution in [3.8, 4) is 0 Å². The topological polar surface area (TPSA) is 78.9 Å². The van der Waals surface area contributed by atoms with E-state index in [9.17, 15) is 14.4 Å². The number of hydrogen-bond acceptors (Lipinski definition) is 6. The van der Waals surface area contributed by atoms with Crippen molar-refractivity contribution in [2.45, 2.75) is 11.4 Å². The summed E-state index contributed by atoms with van der Waals surface area (Å²) in [5.41, 5.74) is 0.603. The number of carbonyl (C=O) groups is 3. The Morgan fingerprint density at radius 1 is 1.14 bits per heavy atom. The van der Waals surface area contributed by atoms with Crippen LogP contribution in [0, 0.1) is 0 Å². The third-order valence-electron chi connectivity index (χ3n) is 1.20. The summed E-state index contributed by atoms with van der Waals surface area (Å²) in [5, 5.41) is 0. The molecule has 0 aromatic rings. The molecule has 14 heavy (non-hydrogen) atoms. The summed E-state index contributed by atoms with van der Waals surface area (Å²) in [4.78, 5) is 30.5. The van der Waals surface area contributed by atoms with Gasteiger partial charge in [0.25, 0.3) is 0 Å². The molecule has 78 valence electrons. The zero-order valence-electron chi connectivity index (χ0n) is 7.60. The number of allylic oxidation sites excluding steroid dienone is 1. The van der Waals surface area contributed by atoms with Crippen molar-refractivity contribution in [2.75, 3.05) is 0 Å². The van der Waals surface area contributed by atoms with Crippen LogP contribution in [0.1, 0.15) is 6.92 Å². The summed E-state index contributed by atoms with van der Waals surface area (Å²) >= 11 is -4.35. The first-order chi connectivity index (χ1) is 6.60. The first-order valence-electron chi connectivity index (χ1n) is 3.59. The van der Waals surface area contributed by atoms with Crippen molar-refractivity contribution in [1.29, 1.82) is 0 Å². The standard InChI is InChI=1S/C4H7.3CH2O2.Sn/c1-4(2)3;3*2-1-3;/h1-2H2,3H3;3*1H,(H,2,3);/q;;;;+3/p-3. The molecule has 0 aromatic carbocycles. The van der Waals surface area contributed by atoms with E-state index >= 15 is 0 Å². The van der Waals surface area contributed by atoms with Crippen molar-refractivity contribution in [3.05, 3.63) is 12.2 Å². The van der Waals surface area contributed by atoms with E-state index in [0.717, 1.165) is 0 Å². The summed E-state index contributed by atoms with van der Waals surface area (Å²) in [6, 6.07) is 0. The molecular weight excluding hydrogens is 299 g/mol. The summed E-state index contributed by atoms with van der Waals surface area (Å²) in [5.74, 6) is 0. The Morgan fingerprint density at radius 2 is 1.50 bits per heavy atom. The van der Waals surface area contributed by atoms with Gasteiger partial charge >= 0.3 is 86.2 Å². The van der Waals surface area contributed by atoms with Crippen LogP contribution in [-0.4, -0.2) is 39.0 Å². The Hall–Kier alpha value is -1.05. The Labute approximate surface area is 86.3 Å². The average Bonchev–Trinajstić information content (AvgIpc) is 2.03. The second-order valence-electron chi connectivity index (χ2n) is 2.46. The van der Waals surface area contributed by atoms with Gasteiger partial charge in [-0.1, -0.05) is 0 Å². The van der Waals surface area contributed by atoms with Gasteiger partial charge in [-0.25, -0.2) is 0 Å². The number of hydrogen-bond donors (Lipinski definition) is 0. The molecule has 0 heterocycles. The van der Waals surface area contributed by atoms with Crippen molar-refractivity contribution in [3.63, 3.8) is 0 Å². The van der Waals surface area contributed by atoms with Crippen LogP contribution in [0.5, 0.6) is 0 Å². The van der Waals surface area contributed by atoms with E-state index in [4.69, 9.17) is 0 Å². The third-order valence-corrected chi connectivity index (χ3v) is 8.06. The molecule has 0 spiro atoms. The Morgan fingerprint density at radius 3 is 1.71 bits per heavy atom. The van der Waals surface area contributed by atoms with E-state index in [1.165, 1.54) is 0 Å². The van der Waals surface area contributed by atoms with Crippen LogP contribution in [0.25, 0.3) is 0 Å². The van der Waals surface area contributed by atoms with E-state index < -0.39 is 19.6 Å². The third kappa shape index (κ3) is 4.26. The molecule has 0 aromatic heterocycles. The molecule has 0 saturated carbocycles. The fourth-order valence-corrected chi connectivity index (χ4v) is 5.35. The van der Waals surface area contributed by atoms with Crippen LogP contribution in [0.3, 0.4) is 0 Å². The molecule has 0 N–H and O–H groups in total. The molecule has 0 unspecified atom stereocenters. The van der Waals surface area contributed by atoms with E-state index in [2.05, 4.69) is 15.8 Å². The normalized spacial score (nSPS) is 9.79. The Balaban J connectivity index is 4.69. The summed E-state index contributed by atoms with van der Waals surface area (Å²) in [6.07, 6.45) is 0. The van der Waals surface area contributed by atoms with Gasteiger partial charge in [-0.05, 0) is 0 Å². The van der Waals surface area contributed by atoms with Crippen LogP contribution in [0.4, 0.5) is 0 Å². The molecule has 0 aliphatic rings.